The van der Waals surface area contributed by atoms with Crippen molar-refractivity contribution in [2.75, 3.05) is 11.9 Å². The van der Waals surface area contributed by atoms with Crippen LogP contribution in [0.4, 0.5) is 9.52 Å². The molecule has 0 aliphatic rings. The molecule has 0 saturated heterocycles. The van der Waals surface area contributed by atoms with Gasteiger partial charge in [-0.1, -0.05) is 6.07 Å². The Morgan fingerprint density at radius 1 is 1.12 bits per heavy atom. The van der Waals surface area contributed by atoms with Gasteiger partial charge in [-0.2, -0.15) is 0 Å². The first-order chi connectivity index (χ1) is 12.6. The number of hydrogen-bond acceptors (Lipinski definition) is 5. The highest BCUT2D eigenvalue weighted by molar-refractivity contribution is 7.16. The summed E-state index contributed by atoms with van der Waals surface area (Å²) in [6.45, 7) is 0.363. The molecule has 2 N–H and O–H groups in total. The quantitative estimate of drug-likeness (QED) is 0.596. The monoisotopic (exact) mass is 389 g/mol. The van der Waals surface area contributed by atoms with Crippen LogP contribution in [-0.4, -0.2) is 23.3 Å². The molecule has 3 aromatic rings. The van der Waals surface area contributed by atoms with Crippen molar-refractivity contribution in [3.63, 3.8) is 0 Å². The summed E-state index contributed by atoms with van der Waals surface area (Å²) in [6, 6.07) is 9.25. The lowest BCUT2D eigenvalue weighted by Crippen LogP contribution is -2.25. The summed E-state index contributed by atoms with van der Waals surface area (Å²) in [5.74, 6) is -0.818. The third-order valence-electron chi connectivity index (χ3n) is 3.50. The van der Waals surface area contributed by atoms with E-state index in [1.54, 1.807) is 11.3 Å². The fraction of sp³-hybridized carbons (Fsp3) is 0.167. The predicted molar refractivity (Wildman–Crippen MR) is 102 cm³/mol. The molecule has 0 atom stereocenters. The summed E-state index contributed by atoms with van der Waals surface area (Å²) in [5.41, 5.74) is 1.24. The number of thiophene rings is 1. The zero-order chi connectivity index (χ0) is 18.4. The summed E-state index contributed by atoms with van der Waals surface area (Å²) < 4.78 is 12.8. The fourth-order valence-electron chi connectivity index (χ4n) is 2.20. The van der Waals surface area contributed by atoms with Gasteiger partial charge >= 0.3 is 0 Å². The van der Waals surface area contributed by atoms with E-state index >= 15 is 0 Å². The first-order valence-corrected chi connectivity index (χ1v) is 9.71. The average Bonchev–Trinajstić information content (AvgIpc) is 3.30. The maximum atomic E-state index is 12.8. The second-order valence-corrected chi connectivity index (χ2v) is 7.24. The van der Waals surface area contributed by atoms with Gasteiger partial charge in [-0.3, -0.25) is 9.59 Å². The van der Waals surface area contributed by atoms with E-state index in [4.69, 9.17) is 0 Å². The van der Waals surface area contributed by atoms with E-state index < -0.39 is 0 Å². The Bertz CT molecular complexity index is 876. The van der Waals surface area contributed by atoms with Crippen molar-refractivity contribution in [2.24, 2.45) is 0 Å². The van der Waals surface area contributed by atoms with Crippen LogP contribution in [0.3, 0.4) is 0 Å². The fourth-order valence-corrected chi connectivity index (χ4v) is 3.69. The smallest absolute Gasteiger partial charge is 0.251 e. The minimum absolute atomic E-state index is 0.145. The molecule has 0 saturated carbocycles. The second-order valence-electron chi connectivity index (χ2n) is 5.43. The highest BCUT2D eigenvalue weighted by atomic mass is 32.1. The zero-order valence-corrected chi connectivity index (χ0v) is 15.3. The van der Waals surface area contributed by atoms with Gasteiger partial charge in [-0.25, -0.2) is 9.37 Å². The summed E-state index contributed by atoms with van der Waals surface area (Å²) in [5, 5.41) is 9.93. The van der Waals surface area contributed by atoms with Gasteiger partial charge in [0.15, 0.2) is 5.13 Å². The molecule has 0 fully saturated rings. The Morgan fingerprint density at radius 2 is 1.92 bits per heavy atom. The molecule has 1 aromatic carbocycles. The molecule has 5 nitrogen and oxygen atoms in total. The number of rotatable bonds is 7. The lowest BCUT2D eigenvalue weighted by atomic mass is 10.2. The van der Waals surface area contributed by atoms with Crippen molar-refractivity contribution in [3.8, 4) is 10.6 Å². The number of aromatic nitrogens is 1. The molecule has 26 heavy (non-hydrogen) atoms. The van der Waals surface area contributed by atoms with Crippen molar-refractivity contribution in [1.29, 1.82) is 0 Å². The third-order valence-corrected chi connectivity index (χ3v) is 5.15. The van der Waals surface area contributed by atoms with Gasteiger partial charge in [-0.15, -0.1) is 22.7 Å². The molecule has 0 radical (unpaired) electrons. The van der Waals surface area contributed by atoms with Gasteiger partial charge in [0.05, 0.1) is 10.6 Å². The van der Waals surface area contributed by atoms with Crippen molar-refractivity contribution in [2.45, 2.75) is 12.8 Å². The van der Waals surface area contributed by atoms with Gasteiger partial charge < -0.3 is 10.6 Å². The number of amides is 2. The number of carbonyl (C=O) groups excluding carboxylic acids is 2. The molecule has 134 valence electrons. The summed E-state index contributed by atoms with van der Waals surface area (Å²) in [4.78, 5) is 29.3. The van der Waals surface area contributed by atoms with Crippen molar-refractivity contribution in [3.05, 3.63) is 58.5 Å². The standard InChI is InChI=1S/C18H16FN3O2S2/c19-13-7-5-12(6-8-13)17(24)20-9-1-4-16(23)22-18-21-14(11-26-18)15-3-2-10-25-15/h2-3,5-8,10-11H,1,4,9H2,(H,20,24)(H,21,22,23). The number of halogens is 1. The van der Waals surface area contributed by atoms with Crippen LogP contribution in [0.25, 0.3) is 10.6 Å². The SMILES string of the molecule is O=C(CCCNC(=O)c1ccc(F)cc1)Nc1nc(-c2cccs2)cs1. The minimum Gasteiger partial charge on any atom is -0.352 e. The van der Waals surface area contributed by atoms with Gasteiger partial charge in [0.25, 0.3) is 5.91 Å². The van der Waals surface area contributed by atoms with Crippen molar-refractivity contribution in [1.82, 2.24) is 10.3 Å². The Hall–Kier alpha value is -2.58. The summed E-state index contributed by atoms with van der Waals surface area (Å²) in [7, 11) is 0. The van der Waals surface area contributed by atoms with E-state index in [0.29, 0.717) is 23.7 Å². The van der Waals surface area contributed by atoms with E-state index in [1.807, 2.05) is 22.9 Å². The zero-order valence-electron chi connectivity index (χ0n) is 13.7. The molecule has 2 aromatic heterocycles. The Kier molecular flexibility index (Phi) is 6.08. The van der Waals surface area contributed by atoms with Crippen molar-refractivity contribution < 1.29 is 14.0 Å². The van der Waals surface area contributed by atoms with E-state index in [9.17, 15) is 14.0 Å². The van der Waals surface area contributed by atoms with Crippen LogP contribution in [-0.2, 0) is 4.79 Å². The summed E-state index contributed by atoms with van der Waals surface area (Å²) >= 11 is 2.98. The molecule has 2 amide bonds. The Balaban J connectivity index is 1.39. The molecule has 2 heterocycles. The van der Waals surface area contributed by atoms with Gasteiger partial charge in [0.1, 0.15) is 5.82 Å². The highest BCUT2D eigenvalue weighted by Gasteiger charge is 2.09. The number of anilines is 1. The third kappa shape index (κ3) is 4.96. The number of hydrogen-bond donors (Lipinski definition) is 2. The highest BCUT2D eigenvalue weighted by Crippen LogP contribution is 2.28. The second kappa shape index (κ2) is 8.68. The van der Waals surface area contributed by atoms with Crippen molar-refractivity contribution >= 4 is 39.6 Å². The number of benzene rings is 1. The summed E-state index contributed by atoms with van der Waals surface area (Å²) in [6.07, 6.45) is 0.777. The maximum Gasteiger partial charge on any atom is 0.251 e. The van der Waals surface area contributed by atoms with Gasteiger partial charge in [0.2, 0.25) is 5.91 Å². The molecule has 0 spiro atoms. The molecular weight excluding hydrogens is 373 g/mol. The lowest BCUT2D eigenvalue weighted by molar-refractivity contribution is -0.116. The molecule has 0 unspecified atom stereocenters. The van der Waals surface area contributed by atoms with Gasteiger partial charge in [-0.05, 0) is 42.1 Å². The first kappa shape index (κ1) is 18.2. The Labute approximate surface area is 157 Å². The van der Waals surface area contributed by atoms with E-state index in [-0.39, 0.29) is 24.1 Å². The molecule has 0 aliphatic carbocycles. The average molecular weight is 389 g/mol. The van der Waals surface area contributed by atoms with E-state index in [1.165, 1.54) is 35.6 Å². The predicted octanol–water partition coefficient (Wildman–Crippen LogP) is 4.16. The first-order valence-electron chi connectivity index (χ1n) is 7.95. The van der Waals surface area contributed by atoms with Gasteiger partial charge in [0, 0.05) is 23.9 Å². The topological polar surface area (TPSA) is 71.1 Å². The Morgan fingerprint density at radius 3 is 2.65 bits per heavy atom. The molecule has 8 heteroatoms. The van der Waals surface area contributed by atoms with Crippen LogP contribution >= 0.6 is 22.7 Å². The van der Waals surface area contributed by atoms with E-state index in [2.05, 4.69) is 15.6 Å². The molecule has 0 aliphatic heterocycles. The molecule has 3 rings (SSSR count). The maximum absolute atomic E-state index is 12.8. The number of nitrogens with one attached hydrogen (secondary N) is 2. The van der Waals surface area contributed by atoms with Crippen LogP contribution < -0.4 is 10.6 Å². The van der Waals surface area contributed by atoms with E-state index in [0.717, 1.165) is 10.6 Å². The van der Waals surface area contributed by atoms with Crippen LogP contribution in [0, 0.1) is 5.82 Å². The number of thiazole rings is 1. The number of nitrogens with zero attached hydrogens (tertiary/aromatic N) is 1. The number of carbonyl (C=O) groups is 2. The van der Waals surface area contributed by atoms with Crippen LogP contribution in [0.15, 0.2) is 47.2 Å². The van der Waals surface area contributed by atoms with Crippen LogP contribution in [0.1, 0.15) is 23.2 Å². The van der Waals surface area contributed by atoms with Crippen LogP contribution in [0.5, 0.6) is 0 Å². The molecule has 0 bridgehead atoms. The lowest BCUT2D eigenvalue weighted by Gasteiger charge is -2.05. The normalized spacial score (nSPS) is 10.5. The minimum atomic E-state index is -0.386. The largest absolute Gasteiger partial charge is 0.352 e. The van der Waals surface area contributed by atoms with Crippen LogP contribution in [0.2, 0.25) is 0 Å². The molecular formula is C18H16FN3O2S2.